The molecule has 21 heavy (non-hydrogen) atoms. The van der Waals surface area contributed by atoms with Crippen molar-refractivity contribution in [1.29, 1.82) is 0 Å². The van der Waals surface area contributed by atoms with Crippen LogP contribution in [0, 0.1) is 11.7 Å². The molecule has 1 aliphatic heterocycles. The second kappa shape index (κ2) is 7.41. The summed E-state index contributed by atoms with van der Waals surface area (Å²) >= 11 is 0. The van der Waals surface area contributed by atoms with Gasteiger partial charge in [0, 0.05) is 6.04 Å². The first kappa shape index (κ1) is 15.8. The van der Waals surface area contributed by atoms with Gasteiger partial charge in [-0.2, -0.15) is 0 Å². The van der Waals surface area contributed by atoms with E-state index in [1.165, 1.54) is 6.07 Å². The first-order chi connectivity index (χ1) is 10.1. The number of piperidine rings is 1. The van der Waals surface area contributed by atoms with Crippen molar-refractivity contribution in [2.45, 2.75) is 38.8 Å². The first-order valence-corrected chi connectivity index (χ1v) is 7.54. The number of halogens is 1. The predicted octanol–water partition coefficient (Wildman–Crippen LogP) is 2.10. The van der Waals surface area contributed by atoms with Crippen molar-refractivity contribution in [2.75, 3.05) is 13.1 Å². The maximum atomic E-state index is 13.6. The molecule has 1 heterocycles. The minimum absolute atomic E-state index is 0.123. The van der Waals surface area contributed by atoms with E-state index in [0.717, 1.165) is 19.5 Å². The molecule has 0 bridgehead atoms. The standard InChI is InChI=1S/C16H23FN2O2/c1-3-14(21-15-7-5-4-6-12(15)17)16(20)19-13-8-9-18-10-11(13)2/h4-7,11,13-14,18H,3,8-10H2,1-2H3,(H,19,20). The van der Waals surface area contributed by atoms with E-state index in [2.05, 4.69) is 17.6 Å². The zero-order chi connectivity index (χ0) is 15.2. The number of rotatable bonds is 5. The topological polar surface area (TPSA) is 50.4 Å². The number of amides is 1. The second-order valence-electron chi connectivity index (χ2n) is 5.53. The first-order valence-electron chi connectivity index (χ1n) is 7.54. The molecule has 1 aliphatic rings. The van der Waals surface area contributed by atoms with Gasteiger partial charge in [0.15, 0.2) is 17.7 Å². The van der Waals surface area contributed by atoms with Crippen LogP contribution in [0.3, 0.4) is 0 Å². The Kier molecular flexibility index (Phi) is 5.56. The summed E-state index contributed by atoms with van der Waals surface area (Å²) in [6.45, 7) is 5.77. The number of benzene rings is 1. The molecule has 2 rings (SSSR count). The van der Waals surface area contributed by atoms with Crippen LogP contribution in [-0.2, 0) is 4.79 Å². The Morgan fingerprint density at radius 1 is 1.52 bits per heavy atom. The predicted molar refractivity (Wildman–Crippen MR) is 79.7 cm³/mol. The third kappa shape index (κ3) is 4.17. The van der Waals surface area contributed by atoms with E-state index in [-0.39, 0.29) is 17.7 Å². The van der Waals surface area contributed by atoms with Crippen LogP contribution in [-0.4, -0.2) is 31.1 Å². The van der Waals surface area contributed by atoms with Crippen LogP contribution in [0.5, 0.6) is 5.75 Å². The molecule has 3 unspecified atom stereocenters. The van der Waals surface area contributed by atoms with Gasteiger partial charge >= 0.3 is 0 Å². The van der Waals surface area contributed by atoms with Gasteiger partial charge in [0.25, 0.3) is 5.91 Å². The molecular formula is C16H23FN2O2. The summed E-state index contributed by atoms with van der Waals surface area (Å²) in [6.07, 6.45) is 0.742. The van der Waals surface area contributed by atoms with Gasteiger partial charge in [-0.3, -0.25) is 4.79 Å². The number of nitrogens with one attached hydrogen (secondary N) is 2. The molecular weight excluding hydrogens is 271 g/mol. The largest absolute Gasteiger partial charge is 0.478 e. The molecule has 1 aromatic carbocycles. The lowest BCUT2D eigenvalue weighted by Gasteiger charge is -2.31. The molecule has 1 aromatic rings. The van der Waals surface area contributed by atoms with Gasteiger partial charge < -0.3 is 15.4 Å². The Bertz CT molecular complexity index is 481. The van der Waals surface area contributed by atoms with E-state index in [0.29, 0.717) is 12.3 Å². The second-order valence-corrected chi connectivity index (χ2v) is 5.53. The zero-order valence-corrected chi connectivity index (χ0v) is 12.6. The molecule has 116 valence electrons. The van der Waals surface area contributed by atoms with Crippen molar-refractivity contribution in [3.05, 3.63) is 30.1 Å². The monoisotopic (exact) mass is 294 g/mol. The molecule has 4 nitrogen and oxygen atoms in total. The molecule has 0 radical (unpaired) electrons. The van der Waals surface area contributed by atoms with Crippen molar-refractivity contribution in [2.24, 2.45) is 5.92 Å². The fourth-order valence-corrected chi connectivity index (χ4v) is 2.52. The summed E-state index contributed by atoms with van der Waals surface area (Å²) in [5.41, 5.74) is 0. The lowest BCUT2D eigenvalue weighted by atomic mass is 9.95. The summed E-state index contributed by atoms with van der Waals surface area (Å²) in [5, 5.41) is 6.33. The lowest BCUT2D eigenvalue weighted by molar-refractivity contribution is -0.129. The van der Waals surface area contributed by atoms with E-state index in [1.807, 2.05) is 6.92 Å². The molecule has 0 spiro atoms. The fourth-order valence-electron chi connectivity index (χ4n) is 2.52. The van der Waals surface area contributed by atoms with Gasteiger partial charge in [0.05, 0.1) is 0 Å². The normalized spacial score (nSPS) is 23.4. The number of ether oxygens (including phenoxy) is 1. The summed E-state index contributed by atoms with van der Waals surface area (Å²) in [4.78, 5) is 12.3. The highest BCUT2D eigenvalue weighted by Crippen LogP contribution is 2.18. The van der Waals surface area contributed by atoms with Gasteiger partial charge in [-0.05, 0) is 44.0 Å². The number of hydrogen-bond acceptors (Lipinski definition) is 3. The molecule has 3 atom stereocenters. The van der Waals surface area contributed by atoms with E-state index >= 15 is 0 Å². The highest BCUT2D eigenvalue weighted by atomic mass is 19.1. The van der Waals surface area contributed by atoms with Crippen molar-refractivity contribution in [3.63, 3.8) is 0 Å². The van der Waals surface area contributed by atoms with Gasteiger partial charge in [0.1, 0.15) is 0 Å². The molecule has 5 heteroatoms. The maximum Gasteiger partial charge on any atom is 0.261 e. The van der Waals surface area contributed by atoms with E-state index in [1.54, 1.807) is 18.2 Å². The Morgan fingerprint density at radius 3 is 2.95 bits per heavy atom. The average molecular weight is 294 g/mol. The van der Waals surface area contributed by atoms with Crippen LogP contribution >= 0.6 is 0 Å². The number of carbonyl (C=O) groups is 1. The Labute approximate surface area is 125 Å². The summed E-state index contributed by atoms with van der Waals surface area (Å²) in [5.74, 6) is -0.106. The number of para-hydroxylation sites is 1. The maximum absolute atomic E-state index is 13.6. The summed E-state index contributed by atoms with van der Waals surface area (Å²) < 4.78 is 19.1. The lowest BCUT2D eigenvalue weighted by Crippen LogP contribution is -2.51. The summed E-state index contributed by atoms with van der Waals surface area (Å²) in [6, 6.07) is 6.31. The minimum Gasteiger partial charge on any atom is -0.478 e. The third-order valence-electron chi connectivity index (χ3n) is 3.88. The van der Waals surface area contributed by atoms with Crippen LogP contribution in [0.2, 0.25) is 0 Å². The zero-order valence-electron chi connectivity index (χ0n) is 12.6. The Hall–Kier alpha value is -1.62. The number of hydrogen-bond donors (Lipinski definition) is 2. The molecule has 0 aliphatic carbocycles. The molecule has 0 aromatic heterocycles. The van der Waals surface area contributed by atoms with Crippen molar-refractivity contribution in [3.8, 4) is 5.75 Å². The third-order valence-corrected chi connectivity index (χ3v) is 3.88. The minimum atomic E-state index is -0.663. The van der Waals surface area contributed by atoms with Gasteiger partial charge in [0.2, 0.25) is 0 Å². The highest BCUT2D eigenvalue weighted by molar-refractivity contribution is 5.81. The SMILES string of the molecule is CCC(Oc1ccccc1F)C(=O)NC1CCNCC1C. The molecule has 1 fully saturated rings. The van der Waals surface area contributed by atoms with Gasteiger partial charge in [-0.15, -0.1) is 0 Å². The van der Waals surface area contributed by atoms with Crippen molar-refractivity contribution >= 4 is 5.91 Å². The molecule has 0 saturated carbocycles. The summed E-state index contributed by atoms with van der Waals surface area (Å²) in [7, 11) is 0. The molecule has 1 saturated heterocycles. The van der Waals surface area contributed by atoms with Crippen LogP contribution in [0.4, 0.5) is 4.39 Å². The average Bonchev–Trinajstić information content (AvgIpc) is 2.48. The van der Waals surface area contributed by atoms with Crippen LogP contribution in [0.25, 0.3) is 0 Å². The van der Waals surface area contributed by atoms with Crippen LogP contribution in [0.15, 0.2) is 24.3 Å². The molecule has 2 N–H and O–H groups in total. The Balaban J connectivity index is 1.97. The smallest absolute Gasteiger partial charge is 0.261 e. The Morgan fingerprint density at radius 2 is 2.29 bits per heavy atom. The van der Waals surface area contributed by atoms with E-state index in [4.69, 9.17) is 4.74 Å². The van der Waals surface area contributed by atoms with Crippen LogP contribution in [0.1, 0.15) is 26.7 Å². The van der Waals surface area contributed by atoms with Gasteiger partial charge in [-0.25, -0.2) is 4.39 Å². The van der Waals surface area contributed by atoms with Crippen LogP contribution < -0.4 is 15.4 Å². The highest BCUT2D eigenvalue weighted by Gasteiger charge is 2.27. The fraction of sp³-hybridized carbons (Fsp3) is 0.562. The van der Waals surface area contributed by atoms with Gasteiger partial charge in [-0.1, -0.05) is 26.0 Å². The van der Waals surface area contributed by atoms with Crippen molar-refractivity contribution < 1.29 is 13.9 Å². The van der Waals surface area contributed by atoms with Crippen molar-refractivity contribution in [1.82, 2.24) is 10.6 Å². The molecule has 1 amide bonds. The quantitative estimate of drug-likeness (QED) is 0.874. The van der Waals surface area contributed by atoms with E-state index < -0.39 is 11.9 Å². The van der Waals surface area contributed by atoms with E-state index in [9.17, 15) is 9.18 Å². The number of carbonyl (C=O) groups excluding carboxylic acids is 1.